The topological polar surface area (TPSA) is 66.5 Å². The Balaban J connectivity index is 1.57. The minimum Gasteiger partial charge on any atom is -0.341 e. The van der Waals surface area contributed by atoms with Crippen LogP contribution in [0.1, 0.15) is 30.7 Å². The average Bonchev–Trinajstić information content (AvgIpc) is 3.46. The number of piperidine rings is 1. The molecule has 2 fully saturated rings. The molecule has 1 heterocycles. The number of rotatable bonds is 5. The normalized spacial score (nSPS) is 23.6. The second-order valence-corrected chi connectivity index (χ2v) is 10.0. The first-order valence-corrected chi connectivity index (χ1v) is 12.0. The van der Waals surface area contributed by atoms with Crippen molar-refractivity contribution in [2.24, 2.45) is 5.92 Å². The van der Waals surface area contributed by atoms with Crippen molar-refractivity contribution in [1.29, 1.82) is 0 Å². The lowest BCUT2D eigenvalue weighted by atomic mass is 9.94. The molecule has 2 aromatic carbocycles. The summed E-state index contributed by atoms with van der Waals surface area (Å²) in [7, 11) is -3.39. The molecule has 1 N–H and O–H groups in total. The molecule has 1 aliphatic heterocycles. The highest BCUT2D eigenvalue weighted by Gasteiger charge is 2.48. The van der Waals surface area contributed by atoms with Gasteiger partial charge in [-0.05, 0) is 54.5 Å². The summed E-state index contributed by atoms with van der Waals surface area (Å²) in [6, 6.07) is 7.20. The van der Waals surface area contributed by atoms with Gasteiger partial charge in [-0.2, -0.15) is 0 Å². The molecule has 1 aliphatic carbocycles. The van der Waals surface area contributed by atoms with Gasteiger partial charge in [0.15, 0.2) is 0 Å². The van der Waals surface area contributed by atoms with Crippen LogP contribution in [0.2, 0.25) is 0 Å². The van der Waals surface area contributed by atoms with Crippen molar-refractivity contribution >= 4 is 15.9 Å². The zero-order valence-electron chi connectivity index (χ0n) is 16.9. The molecule has 3 atom stereocenters. The molecule has 166 valence electrons. The Bertz CT molecular complexity index is 1100. The molecule has 1 saturated heterocycles. The fraction of sp³-hybridized carbons (Fsp3) is 0.409. The maximum absolute atomic E-state index is 14.8. The van der Waals surface area contributed by atoms with Crippen LogP contribution in [0.25, 0.3) is 11.1 Å². The Morgan fingerprint density at radius 2 is 1.71 bits per heavy atom. The highest BCUT2D eigenvalue weighted by Crippen LogP contribution is 2.52. The van der Waals surface area contributed by atoms with Crippen LogP contribution in [0.4, 0.5) is 13.2 Å². The van der Waals surface area contributed by atoms with Crippen LogP contribution < -0.4 is 4.72 Å². The quantitative estimate of drug-likeness (QED) is 0.756. The summed E-state index contributed by atoms with van der Waals surface area (Å²) in [5, 5.41) is 0. The van der Waals surface area contributed by atoms with Crippen molar-refractivity contribution in [3.8, 4) is 11.1 Å². The number of likely N-dealkylation sites (tertiary alicyclic amines) is 1. The SMILES string of the molecule is CS(=O)(=O)N[C@H]1CCCN(C(=O)[C@@H]2C[C@H]2c2c(F)cccc2-c2c(F)cccc2F)C1. The van der Waals surface area contributed by atoms with E-state index in [0.717, 1.165) is 18.4 Å². The van der Waals surface area contributed by atoms with Gasteiger partial charge in [0, 0.05) is 25.0 Å². The molecular weight excluding hydrogens is 429 g/mol. The van der Waals surface area contributed by atoms with Crippen molar-refractivity contribution in [1.82, 2.24) is 9.62 Å². The molecule has 2 aromatic rings. The number of nitrogens with zero attached hydrogens (tertiary/aromatic N) is 1. The number of hydrogen-bond acceptors (Lipinski definition) is 3. The lowest BCUT2D eigenvalue weighted by Crippen LogP contribution is -2.49. The fourth-order valence-electron chi connectivity index (χ4n) is 4.48. The van der Waals surface area contributed by atoms with Crippen molar-refractivity contribution in [3.05, 3.63) is 59.4 Å². The lowest BCUT2D eigenvalue weighted by Gasteiger charge is -2.33. The Kier molecular flexibility index (Phi) is 5.83. The van der Waals surface area contributed by atoms with E-state index in [1.54, 1.807) is 4.90 Å². The Morgan fingerprint density at radius 3 is 2.39 bits per heavy atom. The maximum atomic E-state index is 14.8. The largest absolute Gasteiger partial charge is 0.341 e. The van der Waals surface area contributed by atoms with Gasteiger partial charge >= 0.3 is 0 Å². The second-order valence-electron chi connectivity index (χ2n) is 8.26. The summed E-state index contributed by atoms with van der Waals surface area (Å²) in [6.07, 6.45) is 2.74. The molecule has 1 saturated carbocycles. The van der Waals surface area contributed by atoms with Gasteiger partial charge in [0.1, 0.15) is 17.5 Å². The monoisotopic (exact) mass is 452 g/mol. The summed E-state index contributed by atoms with van der Waals surface area (Å²) < 4.78 is 69.0. The van der Waals surface area contributed by atoms with Crippen LogP contribution in [-0.4, -0.2) is 44.6 Å². The molecule has 0 radical (unpaired) electrons. The first-order valence-electron chi connectivity index (χ1n) is 10.1. The third-order valence-corrected chi connectivity index (χ3v) is 6.64. The van der Waals surface area contributed by atoms with Crippen molar-refractivity contribution in [2.75, 3.05) is 19.3 Å². The third-order valence-electron chi connectivity index (χ3n) is 5.88. The predicted molar refractivity (Wildman–Crippen MR) is 110 cm³/mol. The van der Waals surface area contributed by atoms with Gasteiger partial charge in [-0.1, -0.05) is 18.2 Å². The van der Waals surface area contributed by atoms with Gasteiger partial charge in [0.2, 0.25) is 15.9 Å². The zero-order chi connectivity index (χ0) is 22.3. The van der Waals surface area contributed by atoms with Gasteiger partial charge in [-0.15, -0.1) is 0 Å². The van der Waals surface area contributed by atoms with Gasteiger partial charge in [0.25, 0.3) is 0 Å². The Labute approximate surface area is 179 Å². The fourth-order valence-corrected chi connectivity index (χ4v) is 5.28. The standard InChI is InChI=1S/C22H23F3N2O3S/c1-31(29,30)26-13-5-4-10-27(12-13)22(28)16-11-15(16)20-14(6-2-7-17(20)23)21-18(24)8-3-9-19(21)25/h2-3,6-9,13,15-16,26H,4-5,10-12H2,1H3/t13-,15+,16+/m0/s1. The summed E-state index contributed by atoms with van der Waals surface area (Å²) in [6.45, 7) is 0.747. The van der Waals surface area contributed by atoms with E-state index in [4.69, 9.17) is 0 Å². The Morgan fingerprint density at radius 1 is 1.06 bits per heavy atom. The molecule has 2 aliphatic rings. The van der Waals surface area contributed by atoms with E-state index in [-0.39, 0.29) is 35.2 Å². The first-order chi connectivity index (χ1) is 14.7. The van der Waals surface area contributed by atoms with Crippen LogP contribution in [-0.2, 0) is 14.8 Å². The predicted octanol–water partition coefficient (Wildman–Crippen LogP) is 3.41. The molecule has 0 bridgehead atoms. The molecule has 4 rings (SSSR count). The molecule has 31 heavy (non-hydrogen) atoms. The number of sulfonamides is 1. The van der Waals surface area contributed by atoms with Crippen LogP contribution in [0.3, 0.4) is 0 Å². The molecule has 9 heteroatoms. The van der Waals surface area contributed by atoms with E-state index in [0.29, 0.717) is 25.8 Å². The second kappa shape index (κ2) is 8.27. The smallest absolute Gasteiger partial charge is 0.226 e. The maximum Gasteiger partial charge on any atom is 0.226 e. The van der Waals surface area contributed by atoms with Crippen LogP contribution in [0.5, 0.6) is 0 Å². The summed E-state index contributed by atoms with van der Waals surface area (Å²) >= 11 is 0. The average molecular weight is 452 g/mol. The number of carbonyl (C=O) groups excluding carboxylic acids is 1. The van der Waals surface area contributed by atoms with Gasteiger partial charge in [-0.3, -0.25) is 4.79 Å². The lowest BCUT2D eigenvalue weighted by molar-refractivity contribution is -0.133. The van der Waals surface area contributed by atoms with Gasteiger partial charge in [0.05, 0.1) is 11.8 Å². The molecule has 0 unspecified atom stereocenters. The molecule has 0 aromatic heterocycles. The molecule has 5 nitrogen and oxygen atoms in total. The minimum absolute atomic E-state index is 0.117. The van der Waals surface area contributed by atoms with E-state index < -0.39 is 39.3 Å². The van der Waals surface area contributed by atoms with Crippen molar-refractivity contribution < 1.29 is 26.4 Å². The summed E-state index contributed by atoms with van der Waals surface area (Å²) in [5.41, 5.74) is -0.0377. The number of hydrogen-bond donors (Lipinski definition) is 1. The van der Waals surface area contributed by atoms with Crippen LogP contribution >= 0.6 is 0 Å². The van der Waals surface area contributed by atoms with E-state index in [2.05, 4.69) is 4.72 Å². The van der Waals surface area contributed by atoms with E-state index >= 15 is 0 Å². The number of halogens is 3. The molecular formula is C22H23F3N2O3S. The van der Waals surface area contributed by atoms with Gasteiger partial charge < -0.3 is 4.90 Å². The van der Waals surface area contributed by atoms with Gasteiger partial charge in [-0.25, -0.2) is 26.3 Å². The van der Waals surface area contributed by atoms with Crippen molar-refractivity contribution in [2.45, 2.75) is 31.2 Å². The highest BCUT2D eigenvalue weighted by molar-refractivity contribution is 7.88. The number of nitrogens with one attached hydrogen (secondary N) is 1. The molecule has 0 spiro atoms. The van der Waals surface area contributed by atoms with Crippen LogP contribution in [0, 0.1) is 23.4 Å². The molecule has 1 amide bonds. The summed E-state index contributed by atoms with van der Waals surface area (Å²) in [4.78, 5) is 14.6. The third kappa shape index (κ3) is 4.62. The van der Waals surface area contributed by atoms with E-state index in [9.17, 15) is 26.4 Å². The minimum atomic E-state index is -3.39. The first kappa shape index (κ1) is 21.8. The number of carbonyl (C=O) groups is 1. The van der Waals surface area contributed by atoms with Crippen LogP contribution in [0.15, 0.2) is 36.4 Å². The number of amides is 1. The van der Waals surface area contributed by atoms with E-state index in [1.165, 1.54) is 24.3 Å². The number of benzene rings is 2. The highest BCUT2D eigenvalue weighted by atomic mass is 32.2. The zero-order valence-corrected chi connectivity index (χ0v) is 17.8. The Hall–Kier alpha value is -2.39. The van der Waals surface area contributed by atoms with Crippen molar-refractivity contribution in [3.63, 3.8) is 0 Å². The summed E-state index contributed by atoms with van der Waals surface area (Å²) in [5.74, 6) is -3.35. The van der Waals surface area contributed by atoms with E-state index in [1.807, 2.05) is 0 Å².